The minimum absolute atomic E-state index is 0.0795. The van der Waals surface area contributed by atoms with Gasteiger partial charge < -0.3 is 5.32 Å². The lowest BCUT2D eigenvalue weighted by atomic mass is 10.2. The number of nitrogens with zero attached hydrogens (tertiary/aromatic N) is 3. The molecule has 0 atom stereocenters. The number of nitrogens with one attached hydrogen (secondary N) is 1. The highest BCUT2D eigenvalue weighted by Gasteiger charge is 2.09. The van der Waals surface area contributed by atoms with E-state index in [1.807, 2.05) is 18.2 Å². The second kappa shape index (κ2) is 6.39. The van der Waals surface area contributed by atoms with Gasteiger partial charge in [0, 0.05) is 32.4 Å². The predicted molar refractivity (Wildman–Crippen MR) is 87.3 cm³/mol. The molecule has 0 bridgehead atoms. The summed E-state index contributed by atoms with van der Waals surface area (Å²) >= 11 is 0. The maximum Gasteiger partial charge on any atom is 0.261 e. The fraction of sp³-hybridized carbons (Fsp3) is 0.176. The first kappa shape index (κ1) is 14.9. The Bertz CT molecular complexity index is 903. The van der Waals surface area contributed by atoms with Crippen LogP contribution in [-0.4, -0.2) is 27.0 Å². The Morgan fingerprint density at radius 3 is 2.83 bits per heavy atom. The highest BCUT2D eigenvalue weighted by molar-refractivity contribution is 5.93. The van der Waals surface area contributed by atoms with Gasteiger partial charge in [-0.15, -0.1) is 0 Å². The van der Waals surface area contributed by atoms with Crippen molar-refractivity contribution in [3.63, 3.8) is 0 Å². The Kier molecular flexibility index (Phi) is 4.14. The van der Waals surface area contributed by atoms with Crippen LogP contribution in [0.1, 0.15) is 16.2 Å². The molecule has 3 aromatic rings. The maximum atomic E-state index is 12.3. The fourth-order valence-corrected chi connectivity index (χ4v) is 2.37. The SMILES string of the molecule is Cn1c(CCNC(=O)c2cccnc2)nc2ccccc2c1=O. The molecule has 6 nitrogen and oxygen atoms in total. The van der Waals surface area contributed by atoms with Crippen molar-refractivity contribution in [2.45, 2.75) is 6.42 Å². The van der Waals surface area contributed by atoms with Gasteiger partial charge in [0.15, 0.2) is 0 Å². The number of hydrogen-bond donors (Lipinski definition) is 1. The average molecular weight is 308 g/mol. The van der Waals surface area contributed by atoms with Crippen molar-refractivity contribution in [1.29, 1.82) is 0 Å². The first-order valence-corrected chi connectivity index (χ1v) is 7.29. The van der Waals surface area contributed by atoms with Crippen molar-refractivity contribution in [3.8, 4) is 0 Å². The molecule has 0 unspecified atom stereocenters. The molecule has 1 aromatic carbocycles. The van der Waals surface area contributed by atoms with Crippen molar-refractivity contribution in [1.82, 2.24) is 19.9 Å². The Balaban J connectivity index is 1.74. The van der Waals surface area contributed by atoms with Crippen LogP contribution in [0.25, 0.3) is 10.9 Å². The van der Waals surface area contributed by atoms with Gasteiger partial charge in [0.2, 0.25) is 0 Å². The first-order chi connectivity index (χ1) is 11.2. The van der Waals surface area contributed by atoms with Crippen molar-refractivity contribution >= 4 is 16.8 Å². The molecule has 0 fully saturated rings. The van der Waals surface area contributed by atoms with Crippen LogP contribution >= 0.6 is 0 Å². The highest BCUT2D eigenvalue weighted by atomic mass is 16.1. The number of amides is 1. The van der Waals surface area contributed by atoms with Gasteiger partial charge in [-0.05, 0) is 24.3 Å². The summed E-state index contributed by atoms with van der Waals surface area (Å²) in [6.07, 6.45) is 3.60. The monoisotopic (exact) mass is 308 g/mol. The van der Waals surface area contributed by atoms with Gasteiger partial charge >= 0.3 is 0 Å². The van der Waals surface area contributed by atoms with Gasteiger partial charge in [-0.2, -0.15) is 0 Å². The minimum Gasteiger partial charge on any atom is -0.352 e. The Morgan fingerprint density at radius 1 is 1.22 bits per heavy atom. The third-order valence-corrected chi connectivity index (χ3v) is 3.63. The summed E-state index contributed by atoms with van der Waals surface area (Å²) in [6.45, 7) is 0.395. The van der Waals surface area contributed by atoms with E-state index in [4.69, 9.17) is 0 Å². The summed E-state index contributed by atoms with van der Waals surface area (Å²) in [4.78, 5) is 32.7. The van der Waals surface area contributed by atoms with E-state index in [1.165, 1.54) is 10.8 Å². The van der Waals surface area contributed by atoms with E-state index < -0.39 is 0 Å². The zero-order valence-electron chi connectivity index (χ0n) is 12.7. The van der Waals surface area contributed by atoms with Crippen LogP contribution in [0.2, 0.25) is 0 Å². The Morgan fingerprint density at radius 2 is 2.04 bits per heavy atom. The summed E-state index contributed by atoms with van der Waals surface area (Å²) in [5, 5.41) is 3.40. The van der Waals surface area contributed by atoms with Crippen LogP contribution < -0.4 is 10.9 Å². The number of carbonyl (C=O) groups is 1. The molecule has 6 heteroatoms. The lowest BCUT2D eigenvalue weighted by Gasteiger charge is -2.10. The van der Waals surface area contributed by atoms with Gasteiger partial charge in [0.25, 0.3) is 11.5 Å². The molecule has 2 aromatic heterocycles. The van der Waals surface area contributed by atoms with Crippen LogP contribution in [0.5, 0.6) is 0 Å². The molecule has 2 heterocycles. The molecule has 0 aliphatic carbocycles. The first-order valence-electron chi connectivity index (χ1n) is 7.29. The van der Waals surface area contributed by atoms with Gasteiger partial charge in [-0.25, -0.2) is 4.98 Å². The van der Waals surface area contributed by atoms with Crippen molar-refractivity contribution < 1.29 is 4.79 Å². The van der Waals surface area contributed by atoms with E-state index in [1.54, 1.807) is 31.4 Å². The largest absolute Gasteiger partial charge is 0.352 e. The van der Waals surface area contributed by atoms with Crippen LogP contribution in [0.3, 0.4) is 0 Å². The number of benzene rings is 1. The van der Waals surface area contributed by atoms with E-state index in [9.17, 15) is 9.59 Å². The predicted octanol–water partition coefficient (Wildman–Crippen LogP) is 1.30. The number of fused-ring (bicyclic) bond motifs is 1. The molecule has 0 saturated heterocycles. The van der Waals surface area contributed by atoms with E-state index in [0.717, 1.165) is 0 Å². The lowest BCUT2D eigenvalue weighted by Crippen LogP contribution is -2.29. The molecule has 0 spiro atoms. The quantitative estimate of drug-likeness (QED) is 0.788. The number of hydrogen-bond acceptors (Lipinski definition) is 4. The minimum atomic E-state index is -0.191. The number of aromatic nitrogens is 3. The third-order valence-electron chi connectivity index (χ3n) is 3.63. The molecule has 0 radical (unpaired) electrons. The normalized spacial score (nSPS) is 10.7. The molecule has 0 saturated carbocycles. The second-order valence-corrected chi connectivity index (χ2v) is 5.16. The number of rotatable bonds is 4. The summed E-state index contributed by atoms with van der Waals surface area (Å²) < 4.78 is 1.53. The number of para-hydroxylation sites is 1. The van der Waals surface area contributed by atoms with Crippen molar-refractivity contribution in [3.05, 3.63) is 70.5 Å². The van der Waals surface area contributed by atoms with Gasteiger partial charge in [-0.1, -0.05) is 12.1 Å². The molecule has 0 aliphatic heterocycles. The topological polar surface area (TPSA) is 76.9 Å². The van der Waals surface area contributed by atoms with Crippen LogP contribution in [0, 0.1) is 0 Å². The van der Waals surface area contributed by atoms with E-state index in [2.05, 4.69) is 15.3 Å². The smallest absolute Gasteiger partial charge is 0.261 e. The van der Waals surface area contributed by atoms with Crippen LogP contribution in [0.15, 0.2) is 53.6 Å². The molecular weight excluding hydrogens is 292 g/mol. The number of pyridine rings is 1. The van der Waals surface area contributed by atoms with Gasteiger partial charge in [0.05, 0.1) is 16.5 Å². The maximum absolute atomic E-state index is 12.3. The lowest BCUT2D eigenvalue weighted by molar-refractivity contribution is 0.0953. The molecule has 1 N–H and O–H groups in total. The van der Waals surface area contributed by atoms with Crippen molar-refractivity contribution in [2.24, 2.45) is 7.05 Å². The summed E-state index contributed by atoms with van der Waals surface area (Å²) in [7, 11) is 1.69. The average Bonchev–Trinajstić information content (AvgIpc) is 2.60. The zero-order chi connectivity index (χ0) is 16.2. The van der Waals surface area contributed by atoms with E-state index >= 15 is 0 Å². The van der Waals surface area contributed by atoms with Crippen LogP contribution in [0.4, 0.5) is 0 Å². The van der Waals surface area contributed by atoms with Crippen molar-refractivity contribution in [2.75, 3.05) is 6.54 Å². The zero-order valence-corrected chi connectivity index (χ0v) is 12.7. The van der Waals surface area contributed by atoms with Gasteiger partial charge in [0.1, 0.15) is 5.82 Å². The summed E-state index contributed by atoms with van der Waals surface area (Å²) in [5.74, 6) is 0.448. The highest BCUT2D eigenvalue weighted by Crippen LogP contribution is 2.07. The fourth-order valence-electron chi connectivity index (χ4n) is 2.37. The van der Waals surface area contributed by atoms with Gasteiger partial charge in [-0.3, -0.25) is 19.1 Å². The molecule has 23 heavy (non-hydrogen) atoms. The standard InChI is InChI=1S/C17H16N4O2/c1-21-15(20-14-7-3-2-6-13(14)17(21)23)8-10-19-16(22)12-5-4-9-18-11-12/h2-7,9,11H,8,10H2,1H3,(H,19,22). The molecule has 3 rings (SSSR count). The Labute approximate surface area is 132 Å². The Hall–Kier alpha value is -3.02. The van der Waals surface area contributed by atoms with E-state index in [0.29, 0.717) is 35.3 Å². The third kappa shape index (κ3) is 3.11. The molecule has 1 amide bonds. The summed E-state index contributed by atoms with van der Waals surface area (Å²) in [5.41, 5.74) is 1.10. The second-order valence-electron chi connectivity index (χ2n) is 5.16. The molecule has 0 aliphatic rings. The van der Waals surface area contributed by atoms with E-state index in [-0.39, 0.29) is 11.5 Å². The van der Waals surface area contributed by atoms with Crippen LogP contribution in [-0.2, 0) is 13.5 Å². The number of carbonyl (C=O) groups excluding carboxylic acids is 1. The molecule has 116 valence electrons. The molecular formula is C17H16N4O2. The summed E-state index contributed by atoms with van der Waals surface area (Å²) in [6, 6.07) is 10.7.